The molecular formula is C21H32BNO5. The van der Waals surface area contributed by atoms with Gasteiger partial charge in [-0.05, 0) is 73.4 Å². The van der Waals surface area contributed by atoms with Gasteiger partial charge in [0.25, 0.3) is 0 Å². The van der Waals surface area contributed by atoms with Crippen molar-refractivity contribution < 1.29 is 23.6 Å². The highest BCUT2D eigenvalue weighted by atomic mass is 16.7. The molecule has 1 N–H and O–H groups in total. The van der Waals surface area contributed by atoms with Crippen molar-refractivity contribution in [1.82, 2.24) is 0 Å². The quantitative estimate of drug-likeness (QED) is 0.775. The van der Waals surface area contributed by atoms with E-state index < -0.39 is 30.0 Å². The Balaban J connectivity index is 2.33. The minimum Gasteiger partial charge on any atom is -0.444 e. The fourth-order valence-corrected chi connectivity index (χ4v) is 2.78. The van der Waals surface area contributed by atoms with E-state index in [9.17, 15) is 9.59 Å². The average molecular weight is 389 g/mol. The summed E-state index contributed by atoms with van der Waals surface area (Å²) in [7, 11) is -0.614. The second-order valence-electron chi connectivity index (χ2n) is 9.34. The zero-order valence-corrected chi connectivity index (χ0v) is 18.3. The molecule has 1 aliphatic rings. The molecule has 28 heavy (non-hydrogen) atoms. The standard InChI is InChI=1S/C21H32BNO5/c1-14(24)9-10-15-11-12-16(22-27-20(5,6)21(7,8)28-22)17(13-15)23-18(25)26-19(2,3)4/h11-13H,9-10H2,1-8H3,(H,23,25). The van der Waals surface area contributed by atoms with Crippen LogP contribution >= 0.6 is 0 Å². The number of ketones is 1. The summed E-state index contributed by atoms with van der Waals surface area (Å²) in [4.78, 5) is 23.7. The third kappa shape index (κ3) is 5.58. The number of Topliss-reactive ketones (excluding diaryl/α,β-unsaturated/α-hetero) is 1. The molecule has 0 aromatic heterocycles. The number of hydrogen-bond donors (Lipinski definition) is 1. The highest BCUT2D eigenvalue weighted by Gasteiger charge is 2.52. The highest BCUT2D eigenvalue weighted by molar-refractivity contribution is 6.64. The Morgan fingerprint density at radius 1 is 1.11 bits per heavy atom. The third-order valence-electron chi connectivity index (χ3n) is 5.03. The summed E-state index contributed by atoms with van der Waals surface area (Å²) in [6.45, 7) is 14.9. The van der Waals surface area contributed by atoms with Crippen LogP contribution in [-0.4, -0.2) is 35.8 Å². The van der Waals surface area contributed by atoms with E-state index in [1.165, 1.54) is 0 Å². The van der Waals surface area contributed by atoms with Gasteiger partial charge in [0, 0.05) is 17.6 Å². The zero-order chi connectivity index (χ0) is 21.3. The largest absolute Gasteiger partial charge is 0.496 e. The number of carbonyl (C=O) groups excluding carboxylic acids is 2. The van der Waals surface area contributed by atoms with E-state index in [2.05, 4.69) is 5.32 Å². The van der Waals surface area contributed by atoms with E-state index in [0.717, 1.165) is 11.0 Å². The lowest BCUT2D eigenvalue weighted by Gasteiger charge is -2.32. The molecule has 2 rings (SSSR count). The van der Waals surface area contributed by atoms with Crippen LogP contribution in [0.1, 0.15) is 67.4 Å². The third-order valence-corrected chi connectivity index (χ3v) is 5.03. The Morgan fingerprint density at radius 2 is 1.68 bits per heavy atom. The summed E-state index contributed by atoms with van der Waals surface area (Å²) in [6, 6.07) is 5.67. The molecule has 0 bridgehead atoms. The molecule has 1 fully saturated rings. The Morgan fingerprint density at radius 3 is 2.18 bits per heavy atom. The molecule has 0 aliphatic carbocycles. The van der Waals surface area contributed by atoms with Gasteiger partial charge in [-0.3, -0.25) is 5.32 Å². The van der Waals surface area contributed by atoms with Crippen molar-refractivity contribution in [2.45, 2.75) is 85.0 Å². The summed E-state index contributed by atoms with van der Waals surface area (Å²) in [5, 5.41) is 2.82. The molecule has 1 aliphatic heterocycles. The van der Waals surface area contributed by atoms with Gasteiger partial charge in [0.05, 0.1) is 11.2 Å². The van der Waals surface area contributed by atoms with Gasteiger partial charge in [0.1, 0.15) is 11.4 Å². The number of ether oxygens (including phenoxy) is 1. The highest BCUT2D eigenvalue weighted by Crippen LogP contribution is 2.37. The molecule has 0 saturated carbocycles. The van der Waals surface area contributed by atoms with E-state index in [0.29, 0.717) is 18.5 Å². The maximum absolute atomic E-state index is 12.4. The number of hydrogen-bond acceptors (Lipinski definition) is 5. The molecule has 7 heteroatoms. The topological polar surface area (TPSA) is 73.9 Å². The van der Waals surface area contributed by atoms with Gasteiger partial charge in [-0.1, -0.05) is 12.1 Å². The second-order valence-corrected chi connectivity index (χ2v) is 9.34. The minimum absolute atomic E-state index is 0.122. The van der Waals surface area contributed by atoms with Crippen LogP contribution in [0, 0.1) is 0 Å². The Kier molecular flexibility index (Phi) is 6.31. The zero-order valence-electron chi connectivity index (χ0n) is 18.3. The van der Waals surface area contributed by atoms with Crippen LogP contribution in [0.25, 0.3) is 0 Å². The molecule has 6 nitrogen and oxygen atoms in total. The molecule has 1 heterocycles. The molecule has 0 radical (unpaired) electrons. The van der Waals surface area contributed by atoms with E-state index in [4.69, 9.17) is 14.0 Å². The number of benzene rings is 1. The maximum Gasteiger partial charge on any atom is 0.496 e. The van der Waals surface area contributed by atoms with Gasteiger partial charge in [0.15, 0.2) is 0 Å². The SMILES string of the molecule is CC(=O)CCc1ccc(B2OC(C)(C)C(C)(C)O2)c(NC(=O)OC(C)(C)C)c1. The predicted octanol–water partition coefficient (Wildman–Crippen LogP) is 3.85. The first kappa shape index (κ1) is 22.4. The number of nitrogens with one attached hydrogen (secondary N) is 1. The van der Waals surface area contributed by atoms with Crippen LogP contribution < -0.4 is 10.8 Å². The van der Waals surface area contributed by atoms with Gasteiger partial charge < -0.3 is 18.8 Å². The lowest BCUT2D eigenvalue weighted by atomic mass is 9.77. The van der Waals surface area contributed by atoms with Gasteiger partial charge in [-0.2, -0.15) is 0 Å². The Bertz CT molecular complexity index is 736. The molecule has 0 unspecified atom stereocenters. The number of rotatable bonds is 5. The summed E-state index contributed by atoms with van der Waals surface area (Å²) in [5.41, 5.74) is 0.634. The van der Waals surface area contributed by atoms with E-state index >= 15 is 0 Å². The first-order valence-corrected chi connectivity index (χ1v) is 9.68. The number of aryl methyl sites for hydroxylation is 1. The summed E-state index contributed by atoms with van der Waals surface area (Å²) in [6.07, 6.45) is 0.498. The van der Waals surface area contributed by atoms with Gasteiger partial charge in [-0.15, -0.1) is 0 Å². The molecule has 1 aromatic carbocycles. The number of carbonyl (C=O) groups is 2. The van der Waals surface area contributed by atoms with E-state index in [1.54, 1.807) is 6.92 Å². The minimum atomic E-state index is -0.614. The summed E-state index contributed by atoms with van der Waals surface area (Å²) >= 11 is 0. The number of amides is 1. The fourth-order valence-electron chi connectivity index (χ4n) is 2.78. The first-order valence-electron chi connectivity index (χ1n) is 9.68. The second kappa shape index (κ2) is 7.87. The predicted molar refractivity (Wildman–Crippen MR) is 111 cm³/mol. The van der Waals surface area contributed by atoms with E-state index in [-0.39, 0.29) is 5.78 Å². The van der Waals surface area contributed by atoms with Gasteiger partial charge in [0.2, 0.25) is 0 Å². The van der Waals surface area contributed by atoms with Crippen molar-refractivity contribution in [3.8, 4) is 0 Å². The van der Waals surface area contributed by atoms with Crippen LogP contribution in [0.15, 0.2) is 18.2 Å². The van der Waals surface area contributed by atoms with Crippen LogP contribution in [0.4, 0.5) is 10.5 Å². The van der Waals surface area contributed by atoms with Crippen LogP contribution in [-0.2, 0) is 25.3 Å². The molecule has 154 valence electrons. The Hall–Kier alpha value is -1.86. The molecular weight excluding hydrogens is 357 g/mol. The van der Waals surface area contributed by atoms with Gasteiger partial charge >= 0.3 is 13.2 Å². The maximum atomic E-state index is 12.4. The summed E-state index contributed by atoms with van der Waals surface area (Å²) < 4.78 is 17.7. The van der Waals surface area contributed by atoms with Crippen molar-refractivity contribution in [1.29, 1.82) is 0 Å². The van der Waals surface area contributed by atoms with E-state index in [1.807, 2.05) is 66.7 Å². The molecule has 0 spiro atoms. The molecule has 1 amide bonds. The first-order chi connectivity index (χ1) is 12.7. The van der Waals surface area contributed by atoms with Crippen molar-refractivity contribution in [2.75, 3.05) is 5.32 Å². The van der Waals surface area contributed by atoms with Crippen LogP contribution in [0.5, 0.6) is 0 Å². The average Bonchev–Trinajstić information content (AvgIpc) is 2.71. The lowest BCUT2D eigenvalue weighted by Crippen LogP contribution is -2.41. The van der Waals surface area contributed by atoms with Crippen LogP contribution in [0.3, 0.4) is 0 Å². The van der Waals surface area contributed by atoms with Gasteiger partial charge in [-0.25, -0.2) is 4.79 Å². The van der Waals surface area contributed by atoms with Crippen molar-refractivity contribution >= 4 is 30.1 Å². The van der Waals surface area contributed by atoms with Crippen molar-refractivity contribution in [3.05, 3.63) is 23.8 Å². The monoisotopic (exact) mass is 389 g/mol. The number of anilines is 1. The lowest BCUT2D eigenvalue weighted by molar-refractivity contribution is -0.116. The smallest absolute Gasteiger partial charge is 0.444 e. The summed E-state index contributed by atoms with van der Waals surface area (Å²) in [5.74, 6) is 0.122. The normalized spacial score (nSPS) is 18.1. The molecule has 1 aromatic rings. The molecule has 1 saturated heterocycles. The van der Waals surface area contributed by atoms with Crippen molar-refractivity contribution in [2.24, 2.45) is 0 Å². The fraction of sp³-hybridized carbons (Fsp3) is 0.619. The van der Waals surface area contributed by atoms with Crippen LogP contribution in [0.2, 0.25) is 0 Å². The molecule has 0 atom stereocenters. The van der Waals surface area contributed by atoms with Crippen molar-refractivity contribution in [3.63, 3.8) is 0 Å². The Labute approximate surface area is 168 Å².